The van der Waals surface area contributed by atoms with Crippen molar-refractivity contribution in [2.75, 3.05) is 28.6 Å². The minimum Gasteiger partial charge on any atom is -0.408 e. The number of oxazole rings is 1. The number of anilines is 4. The van der Waals surface area contributed by atoms with Crippen LogP contribution in [0.15, 0.2) is 63.8 Å². The maximum atomic E-state index is 12.5. The summed E-state index contributed by atoms with van der Waals surface area (Å²) in [5.41, 5.74) is 3.37. The smallest absolute Gasteiger partial charge is 0.408 e. The average Bonchev–Trinajstić information content (AvgIpc) is 3.44. The van der Waals surface area contributed by atoms with Crippen molar-refractivity contribution in [1.29, 1.82) is 0 Å². The van der Waals surface area contributed by atoms with Crippen LogP contribution >= 0.6 is 0 Å². The third kappa shape index (κ3) is 4.57. The molecule has 168 valence electrons. The number of carbonyl (C=O) groups is 1. The van der Waals surface area contributed by atoms with Crippen LogP contribution in [0.4, 0.5) is 23.1 Å². The first-order valence-electron chi connectivity index (χ1n) is 10.9. The topological polar surface area (TPSA) is 105 Å². The molecule has 0 bridgehead atoms. The van der Waals surface area contributed by atoms with E-state index in [1.807, 2.05) is 25.1 Å². The van der Waals surface area contributed by atoms with E-state index in [4.69, 9.17) is 4.42 Å². The first-order chi connectivity index (χ1) is 16.0. The summed E-state index contributed by atoms with van der Waals surface area (Å²) in [6.07, 6.45) is 2.37. The summed E-state index contributed by atoms with van der Waals surface area (Å²) in [5.74, 6) is 0.604. The van der Waals surface area contributed by atoms with Crippen LogP contribution in [0.2, 0.25) is 0 Å². The first kappa shape index (κ1) is 20.7. The van der Waals surface area contributed by atoms with Crippen molar-refractivity contribution in [3.63, 3.8) is 0 Å². The van der Waals surface area contributed by atoms with Gasteiger partial charge in [-0.3, -0.25) is 9.36 Å². The molecular formula is C24H24N6O3. The zero-order valence-corrected chi connectivity index (χ0v) is 18.2. The lowest BCUT2D eigenvalue weighted by atomic mass is 10.2. The molecule has 9 heteroatoms. The summed E-state index contributed by atoms with van der Waals surface area (Å²) in [5, 5.41) is 6.05. The summed E-state index contributed by atoms with van der Waals surface area (Å²) in [4.78, 5) is 36.0. The minimum absolute atomic E-state index is 0.133. The molecular weight excluding hydrogens is 420 g/mol. The number of carbonyl (C=O) groups excluding carboxylic acids is 1. The monoisotopic (exact) mass is 444 g/mol. The first-order valence-corrected chi connectivity index (χ1v) is 10.9. The summed E-state index contributed by atoms with van der Waals surface area (Å²) in [6.45, 7) is 3.86. The Bertz CT molecular complexity index is 1350. The fraction of sp³-hybridized carbons (Fsp3) is 0.250. The van der Waals surface area contributed by atoms with Gasteiger partial charge in [-0.05, 0) is 56.2 Å². The van der Waals surface area contributed by atoms with E-state index >= 15 is 0 Å². The number of para-hydroxylation sites is 2. The van der Waals surface area contributed by atoms with Gasteiger partial charge in [0.1, 0.15) is 12.4 Å². The van der Waals surface area contributed by atoms with Crippen LogP contribution in [0.25, 0.3) is 11.1 Å². The van der Waals surface area contributed by atoms with Crippen molar-refractivity contribution < 1.29 is 9.21 Å². The van der Waals surface area contributed by atoms with Crippen molar-refractivity contribution in [2.24, 2.45) is 0 Å². The molecule has 0 aliphatic carbocycles. The molecule has 0 unspecified atom stereocenters. The summed E-state index contributed by atoms with van der Waals surface area (Å²) < 4.78 is 6.49. The molecule has 1 saturated heterocycles. The van der Waals surface area contributed by atoms with Gasteiger partial charge in [0.25, 0.3) is 0 Å². The van der Waals surface area contributed by atoms with Crippen LogP contribution in [0.1, 0.15) is 18.5 Å². The van der Waals surface area contributed by atoms with E-state index in [0.717, 1.165) is 30.3 Å². The molecule has 1 amide bonds. The van der Waals surface area contributed by atoms with Gasteiger partial charge in [-0.25, -0.2) is 9.78 Å². The Kier molecular flexibility index (Phi) is 5.52. The number of nitrogens with one attached hydrogen (secondary N) is 2. The highest BCUT2D eigenvalue weighted by molar-refractivity contribution is 5.91. The van der Waals surface area contributed by atoms with Gasteiger partial charge >= 0.3 is 5.76 Å². The second kappa shape index (κ2) is 8.78. The van der Waals surface area contributed by atoms with Gasteiger partial charge in [-0.1, -0.05) is 12.1 Å². The molecule has 4 aromatic rings. The number of hydrogen-bond acceptors (Lipinski definition) is 7. The zero-order chi connectivity index (χ0) is 22.8. The van der Waals surface area contributed by atoms with Gasteiger partial charge in [0.15, 0.2) is 5.58 Å². The number of aryl methyl sites for hydroxylation is 1. The van der Waals surface area contributed by atoms with Crippen LogP contribution in [-0.4, -0.2) is 33.5 Å². The van der Waals surface area contributed by atoms with Crippen molar-refractivity contribution in [3.8, 4) is 0 Å². The maximum absolute atomic E-state index is 12.5. The molecule has 33 heavy (non-hydrogen) atoms. The Morgan fingerprint density at radius 1 is 1.03 bits per heavy atom. The number of aromatic nitrogens is 3. The molecule has 3 heterocycles. The van der Waals surface area contributed by atoms with Crippen LogP contribution < -0.4 is 21.3 Å². The summed E-state index contributed by atoms with van der Waals surface area (Å²) in [6, 6.07) is 16.3. The molecule has 5 rings (SSSR count). The van der Waals surface area contributed by atoms with Gasteiger partial charge < -0.3 is 20.0 Å². The van der Waals surface area contributed by atoms with E-state index in [1.165, 1.54) is 17.4 Å². The molecule has 9 nitrogen and oxygen atoms in total. The van der Waals surface area contributed by atoms with Crippen molar-refractivity contribution in [3.05, 3.63) is 70.8 Å². The van der Waals surface area contributed by atoms with E-state index in [2.05, 4.69) is 25.5 Å². The quantitative estimate of drug-likeness (QED) is 0.467. The van der Waals surface area contributed by atoms with E-state index < -0.39 is 5.76 Å². The minimum atomic E-state index is -0.558. The Morgan fingerprint density at radius 2 is 1.76 bits per heavy atom. The fourth-order valence-corrected chi connectivity index (χ4v) is 3.99. The SMILES string of the molecule is Cc1cc(N2CCCC2)nc(Nc2ccc(NC(=O)Cn3c(=O)oc4ccccc43)cc2)n1. The van der Waals surface area contributed by atoms with Crippen LogP contribution in [0, 0.1) is 6.92 Å². The molecule has 2 aromatic carbocycles. The van der Waals surface area contributed by atoms with Gasteiger partial charge in [-0.2, -0.15) is 4.98 Å². The second-order valence-corrected chi connectivity index (χ2v) is 8.06. The van der Waals surface area contributed by atoms with Gasteiger partial charge in [-0.15, -0.1) is 0 Å². The van der Waals surface area contributed by atoms with Crippen LogP contribution in [-0.2, 0) is 11.3 Å². The second-order valence-electron chi connectivity index (χ2n) is 8.06. The largest absolute Gasteiger partial charge is 0.420 e. The number of fused-ring (bicyclic) bond motifs is 1. The Hall–Kier alpha value is -4.14. The highest BCUT2D eigenvalue weighted by Gasteiger charge is 2.15. The molecule has 1 aliphatic heterocycles. The van der Waals surface area contributed by atoms with E-state index in [1.54, 1.807) is 36.4 Å². The maximum Gasteiger partial charge on any atom is 0.420 e. The van der Waals surface area contributed by atoms with E-state index in [-0.39, 0.29) is 12.5 Å². The summed E-state index contributed by atoms with van der Waals surface area (Å²) >= 11 is 0. The van der Waals surface area contributed by atoms with Gasteiger partial charge in [0, 0.05) is 36.2 Å². The van der Waals surface area contributed by atoms with E-state index in [9.17, 15) is 9.59 Å². The number of benzene rings is 2. The highest BCUT2D eigenvalue weighted by Crippen LogP contribution is 2.22. The average molecular weight is 444 g/mol. The predicted molar refractivity (Wildman–Crippen MR) is 127 cm³/mol. The lowest BCUT2D eigenvalue weighted by molar-refractivity contribution is -0.116. The lowest BCUT2D eigenvalue weighted by Crippen LogP contribution is -2.24. The standard InChI is InChI=1S/C24H24N6O3/c1-16-14-21(29-12-4-5-13-29)28-23(25-16)27-18-10-8-17(9-11-18)26-22(31)15-30-19-6-2-3-7-20(19)33-24(30)32/h2-3,6-11,14H,4-5,12-13,15H2,1H3,(H,26,31)(H,25,27,28). The molecule has 2 N–H and O–H groups in total. The molecule has 1 aliphatic rings. The fourth-order valence-electron chi connectivity index (χ4n) is 3.99. The van der Waals surface area contributed by atoms with Crippen molar-refractivity contribution in [1.82, 2.24) is 14.5 Å². The molecule has 2 aromatic heterocycles. The van der Waals surface area contributed by atoms with E-state index in [0.29, 0.717) is 22.7 Å². The predicted octanol–water partition coefficient (Wildman–Crippen LogP) is 3.68. The Morgan fingerprint density at radius 3 is 2.55 bits per heavy atom. The van der Waals surface area contributed by atoms with Crippen LogP contribution in [0.5, 0.6) is 0 Å². The number of hydrogen-bond donors (Lipinski definition) is 2. The zero-order valence-electron chi connectivity index (χ0n) is 18.2. The molecule has 0 spiro atoms. The summed E-state index contributed by atoms with van der Waals surface area (Å²) in [7, 11) is 0. The third-order valence-corrected chi connectivity index (χ3v) is 5.57. The lowest BCUT2D eigenvalue weighted by Gasteiger charge is -2.17. The number of nitrogens with zero attached hydrogens (tertiary/aromatic N) is 4. The highest BCUT2D eigenvalue weighted by atomic mass is 16.4. The molecule has 0 saturated carbocycles. The molecule has 1 fully saturated rings. The Labute approximate surface area is 190 Å². The van der Waals surface area contributed by atoms with Crippen molar-refractivity contribution >= 4 is 40.1 Å². The van der Waals surface area contributed by atoms with Gasteiger partial charge in [0.2, 0.25) is 11.9 Å². The Balaban J connectivity index is 1.25. The van der Waals surface area contributed by atoms with Crippen LogP contribution in [0.3, 0.4) is 0 Å². The normalized spacial score (nSPS) is 13.4. The van der Waals surface area contributed by atoms with Crippen molar-refractivity contribution in [2.45, 2.75) is 26.3 Å². The third-order valence-electron chi connectivity index (χ3n) is 5.57. The van der Waals surface area contributed by atoms with Gasteiger partial charge in [0.05, 0.1) is 5.52 Å². The molecule has 0 atom stereocenters. The number of rotatable bonds is 6. The number of amides is 1. The molecule has 0 radical (unpaired) electrons.